The largest absolute Gasteiger partial charge is 0.481 e. The molecule has 16 nitrogen and oxygen atoms in total. The van der Waals surface area contributed by atoms with Gasteiger partial charge in [-0.25, -0.2) is 19.7 Å². The Kier molecular flexibility index (Phi) is 12.7. The highest BCUT2D eigenvalue weighted by atomic mass is 35.5. The third-order valence-electron chi connectivity index (χ3n) is 6.65. The van der Waals surface area contributed by atoms with E-state index in [1.165, 1.54) is 17.5 Å². The second-order valence-corrected chi connectivity index (χ2v) is 11.7. The van der Waals surface area contributed by atoms with Crippen molar-refractivity contribution in [2.24, 2.45) is 0 Å². The molecule has 3 heterocycles. The van der Waals surface area contributed by atoms with Crippen molar-refractivity contribution in [1.29, 1.82) is 0 Å². The van der Waals surface area contributed by atoms with Gasteiger partial charge in [-0.05, 0) is 25.5 Å². The molecule has 0 bridgehead atoms. The summed E-state index contributed by atoms with van der Waals surface area (Å²) in [6.45, 7) is 8.03. The third-order valence-corrected chi connectivity index (χ3v) is 7.87. The normalized spacial score (nSPS) is 13.4. The number of hydrogen-bond donors (Lipinski definition) is 7. The number of carbonyl (C=O) groups excluding carboxylic acids is 1. The van der Waals surface area contributed by atoms with Crippen LogP contribution in [-0.4, -0.2) is 114 Å². The number of aryl methyl sites for hydroxylation is 2. The number of aliphatic carboxylic acids is 3. The topological polar surface area (TPSA) is 239 Å². The number of aliphatic hydroxyl groups is 2. The maximum Gasteiger partial charge on any atom is 0.336 e. The standard InChI is InChI=1S/C22H26ClN7O2S.C6H8O7/c1-14-4-3-5-16(23)20(14)28-21(32)17-13-24-22(33-17)27-18-12-19(26-15(2)25-18)30-8-6-29(7-9-30)10-11-31;7-3(8)1-6(13,5(11)12)2-4(9)10/h3-5,12-13,31H,6-11H2,1-2H3,(H,28,32)(H,24,25,26,27);13H,1-2H2,(H,7,8)(H,9,10)(H,11,12). The molecule has 18 heteroatoms. The van der Waals surface area contributed by atoms with Gasteiger partial charge < -0.3 is 41.1 Å². The summed E-state index contributed by atoms with van der Waals surface area (Å²) in [5.74, 6) is -3.17. The molecule has 0 atom stereocenters. The number of aromatic nitrogens is 3. The van der Waals surface area contributed by atoms with Gasteiger partial charge in [0.15, 0.2) is 10.7 Å². The van der Waals surface area contributed by atoms with Gasteiger partial charge >= 0.3 is 17.9 Å². The van der Waals surface area contributed by atoms with Crippen LogP contribution < -0.4 is 15.5 Å². The van der Waals surface area contributed by atoms with Crippen molar-refractivity contribution >= 4 is 69.2 Å². The SMILES string of the molecule is Cc1nc(Nc2ncc(C(=O)Nc3c(C)cccc3Cl)s2)cc(N2CCN(CCO)CC2)n1.O=C(O)CC(O)(CC(=O)O)C(=O)O. The molecule has 0 aliphatic carbocycles. The number of benzene rings is 1. The lowest BCUT2D eigenvalue weighted by Crippen LogP contribution is -2.47. The van der Waals surface area contributed by atoms with Crippen LogP contribution in [0.25, 0.3) is 0 Å². The first-order chi connectivity index (χ1) is 21.7. The highest BCUT2D eigenvalue weighted by Crippen LogP contribution is 2.28. The number of β-amino-alcohol motifs (C(OH)–C–C–N with tert-alkyl or cyclic N) is 1. The minimum Gasteiger partial charge on any atom is -0.481 e. The van der Waals surface area contributed by atoms with Crippen LogP contribution in [0.2, 0.25) is 5.02 Å². The van der Waals surface area contributed by atoms with Crippen molar-refractivity contribution in [2.45, 2.75) is 32.3 Å². The van der Waals surface area contributed by atoms with Crippen molar-refractivity contribution in [3.05, 3.63) is 51.7 Å². The first-order valence-corrected chi connectivity index (χ1v) is 15.0. The molecule has 46 heavy (non-hydrogen) atoms. The highest BCUT2D eigenvalue weighted by Gasteiger charge is 2.40. The van der Waals surface area contributed by atoms with Crippen LogP contribution in [0.15, 0.2) is 30.5 Å². The summed E-state index contributed by atoms with van der Waals surface area (Å²) in [6.07, 6.45) is -0.757. The lowest BCUT2D eigenvalue weighted by atomic mass is 9.96. The number of nitrogens with zero attached hydrogens (tertiary/aromatic N) is 5. The zero-order valence-corrected chi connectivity index (χ0v) is 26.5. The van der Waals surface area contributed by atoms with Crippen LogP contribution >= 0.6 is 22.9 Å². The number of halogens is 1. The molecule has 0 radical (unpaired) electrons. The average molecular weight is 680 g/mol. The van der Waals surface area contributed by atoms with E-state index in [0.717, 1.165) is 37.6 Å². The number of amides is 1. The molecule has 0 spiro atoms. The van der Waals surface area contributed by atoms with Crippen molar-refractivity contribution in [2.75, 3.05) is 54.9 Å². The predicted octanol–water partition coefficient (Wildman–Crippen LogP) is 2.07. The minimum absolute atomic E-state index is 0.173. The number of aliphatic hydroxyl groups excluding tert-OH is 1. The van der Waals surface area contributed by atoms with Gasteiger partial charge in [0, 0.05) is 38.8 Å². The quantitative estimate of drug-likeness (QED) is 0.145. The fraction of sp³-hybridized carbons (Fsp3) is 0.393. The lowest BCUT2D eigenvalue weighted by Gasteiger charge is -2.35. The van der Waals surface area contributed by atoms with Crippen molar-refractivity contribution in [3.63, 3.8) is 0 Å². The van der Waals surface area contributed by atoms with Gasteiger partial charge in [-0.1, -0.05) is 35.1 Å². The molecule has 1 aliphatic rings. The van der Waals surface area contributed by atoms with Crippen LogP contribution in [0.5, 0.6) is 0 Å². The van der Waals surface area contributed by atoms with E-state index in [2.05, 4.69) is 35.4 Å². The van der Waals surface area contributed by atoms with E-state index in [-0.39, 0.29) is 12.5 Å². The molecule has 0 unspecified atom stereocenters. The van der Waals surface area contributed by atoms with Crippen LogP contribution in [0.3, 0.4) is 0 Å². The van der Waals surface area contributed by atoms with Gasteiger partial charge in [0.25, 0.3) is 5.91 Å². The molecule has 0 saturated carbocycles. The zero-order valence-electron chi connectivity index (χ0n) is 24.9. The number of thiazole rings is 1. The Hall–Kier alpha value is -4.42. The maximum atomic E-state index is 12.7. The fourth-order valence-corrected chi connectivity index (χ4v) is 5.33. The minimum atomic E-state index is -2.74. The van der Waals surface area contributed by atoms with Crippen LogP contribution in [0.1, 0.15) is 33.9 Å². The summed E-state index contributed by atoms with van der Waals surface area (Å²) in [7, 11) is 0. The number of hydrogen-bond acceptors (Lipinski definition) is 13. The fourth-order valence-electron chi connectivity index (χ4n) is 4.35. The molecular weight excluding hydrogens is 646 g/mol. The number of anilines is 4. The zero-order chi connectivity index (χ0) is 34.0. The average Bonchev–Trinajstić information content (AvgIpc) is 3.43. The van der Waals surface area contributed by atoms with Crippen molar-refractivity contribution in [3.8, 4) is 0 Å². The van der Waals surface area contributed by atoms with E-state index >= 15 is 0 Å². The van der Waals surface area contributed by atoms with Crippen molar-refractivity contribution in [1.82, 2.24) is 19.9 Å². The lowest BCUT2D eigenvalue weighted by molar-refractivity contribution is -0.170. The number of carboxylic acids is 3. The molecule has 1 aromatic carbocycles. The van der Waals surface area contributed by atoms with Crippen LogP contribution in [0, 0.1) is 13.8 Å². The van der Waals surface area contributed by atoms with E-state index in [1.54, 1.807) is 6.07 Å². The summed E-state index contributed by atoms with van der Waals surface area (Å²) in [5, 5.41) is 50.1. The van der Waals surface area contributed by atoms with Crippen LogP contribution in [0.4, 0.5) is 22.5 Å². The molecule has 248 valence electrons. The molecule has 1 amide bonds. The van der Waals surface area contributed by atoms with Crippen LogP contribution in [-0.2, 0) is 14.4 Å². The number of nitrogens with one attached hydrogen (secondary N) is 2. The number of para-hydroxylation sites is 1. The van der Waals surface area contributed by atoms with E-state index < -0.39 is 36.4 Å². The van der Waals surface area contributed by atoms with E-state index in [4.69, 9.17) is 37.1 Å². The Morgan fingerprint density at radius 2 is 1.67 bits per heavy atom. The first-order valence-electron chi connectivity index (χ1n) is 13.8. The molecule has 2 aromatic heterocycles. The van der Waals surface area contributed by atoms with Gasteiger partial charge in [0.1, 0.15) is 22.3 Å². The molecule has 3 aromatic rings. The van der Waals surface area contributed by atoms with Gasteiger partial charge in [-0.2, -0.15) is 0 Å². The summed E-state index contributed by atoms with van der Waals surface area (Å²) >= 11 is 7.46. The van der Waals surface area contributed by atoms with E-state index in [1.807, 2.05) is 32.0 Å². The Morgan fingerprint density at radius 1 is 1.02 bits per heavy atom. The molecule has 4 rings (SSSR count). The maximum absolute atomic E-state index is 12.7. The van der Waals surface area contributed by atoms with Gasteiger partial charge in [0.2, 0.25) is 0 Å². The highest BCUT2D eigenvalue weighted by molar-refractivity contribution is 7.17. The second kappa shape index (κ2) is 16.2. The second-order valence-electron chi connectivity index (χ2n) is 10.2. The van der Waals surface area contributed by atoms with E-state index in [9.17, 15) is 19.2 Å². The Morgan fingerprint density at radius 3 is 2.24 bits per heavy atom. The Bertz CT molecular complexity index is 1530. The monoisotopic (exact) mass is 679 g/mol. The number of carboxylic acid groups (broad SMARTS) is 3. The smallest absolute Gasteiger partial charge is 0.336 e. The van der Waals surface area contributed by atoms with E-state index in [0.29, 0.717) is 38.9 Å². The molecule has 1 aliphatic heterocycles. The number of rotatable bonds is 12. The molecular formula is C28H34ClN7O9S. The summed E-state index contributed by atoms with van der Waals surface area (Å²) < 4.78 is 0. The first kappa shape index (κ1) is 36.1. The third kappa shape index (κ3) is 10.3. The summed E-state index contributed by atoms with van der Waals surface area (Å²) in [4.78, 5) is 61.5. The molecule has 1 fully saturated rings. The number of piperazine rings is 1. The Labute approximate surface area is 272 Å². The molecule has 7 N–H and O–H groups in total. The van der Waals surface area contributed by atoms with Gasteiger partial charge in [-0.3, -0.25) is 19.3 Å². The van der Waals surface area contributed by atoms with Crippen molar-refractivity contribution < 1.29 is 44.7 Å². The summed E-state index contributed by atoms with van der Waals surface area (Å²) in [6, 6.07) is 7.37. The predicted molar refractivity (Wildman–Crippen MR) is 169 cm³/mol. The Balaban J connectivity index is 0.000000376. The molecule has 1 saturated heterocycles. The van der Waals surface area contributed by atoms with Gasteiger partial charge in [-0.15, -0.1) is 0 Å². The van der Waals surface area contributed by atoms with Gasteiger partial charge in [0.05, 0.1) is 36.4 Å². The summed E-state index contributed by atoms with van der Waals surface area (Å²) in [5.41, 5.74) is -1.25. The number of carbonyl (C=O) groups is 4.